The maximum atomic E-state index is 13.4. The number of carbonyl (C=O) groups excluding carboxylic acids is 2. The number of amides is 2. The van der Waals surface area contributed by atoms with Crippen molar-refractivity contribution in [2.45, 2.75) is 13.5 Å². The molecular formula is C23H23N3O2. The van der Waals surface area contributed by atoms with Gasteiger partial charge < -0.3 is 10.2 Å². The van der Waals surface area contributed by atoms with Crippen molar-refractivity contribution >= 4 is 34.0 Å². The molecule has 28 heavy (non-hydrogen) atoms. The van der Waals surface area contributed by atoms with Crippen LogP contribution in [0.4, 0.5) is 11.4 Å². The molecule has 1 aliphatic heterocycles. The highest BCUT2D eigenvalue weighted by Gasteiger charge is 2.35. The molecule has 0 aliphatic carbocycles. The molecule has 3 aromatic carbocycles. The molecule has 0 aromatic heterocycles. The summed E-state index contributed by atoms with van der Waals surface area (Å²) in [7, 11) is 5.86. The molecule has 142 valence electrons. The summed E-state index contributed by atoms with van der Waals surface area (Å²) in [5.41, 5.74) is 4.78. The number of hydrogen-bond acceptors (Lipinski definition) is 4. The van der Waals surface area contributed by atoms with E-state index in [2.05, 4.69) is 10.2 Å². The quantitative estimate of drug-likeness (QED) is 0.701. The summed E-state index contributed by atoms with van der Waals surface area (Å²) >= 11 is 0. The van der Waals surface area contributed by atoms with E-state index in [9.17, 15) is 9.59 Å². The molecule has 0 saturated carbocycles. The molecule has 2 amide bonds. The summed E-state index contributed by atoms with van der Waals surface area (Å²) in [5.74, 6) is -0.561. The Labute approximate surface area is 164 Å². The van der Waals surface area contributed by atoms with Crippen LogP contribution in [0.25, 0.3) is 10.8 Å². The van der Waals surface area contributed by atoms with E-state index in [0.717, 1.165) is 27.6 Å². The molecule has 0 fully saturated rings. The first kappa shape index (κ1) is 18.2. The zero-order valence-electron chi connectivity index (χ0n) is 16.5. The van der Waals surface area contributed by atoms with Gasteiger partial charge in [0.05, 0.1) is 5.69 Å². The topological polar surface area (TPSA) is 52.7 Å². The Hall–Kier alpha value is -3.18. The van der Waals surface area contributed by atoms with E-state index in [1.807, 2.05) is 70.5 Å². The third kappa shape index (κ3) is 2.75. The molecule has 0 bridgehead atoms. The lowest BCUT2D eigenvalue weighted by molar-refractivity contribution is 0.0893. The number of hydrogen-bond donors (Lipinski definition) is 1. The van der Waals surface area contributed by atoms with Crippen LogP contribution in [0, 0.1) is 6.92 Å². The van der Waals surface area contributed by atoms with Crippen LogP contribution in [-0.2, 0) is 6.54 Å². The number of nitrogens with one attached hydrogen (secondary N) is 1. The van der Waals surface area contributed by atoms with Gasteiger partial charge in [0.15, 0.2) is 0 Å². The van der Waals surface area contributed by atoms with E-state index < -0.39 is 0 Å². The molecule has 0 saturated heterocycles. The number of anilines is 2. The molecule has 5 heteroatoms. The highest BCUT2D eigenvalue weighted by molar-refractivity contribution is 6.36. The van der Waals surface area contributed by atoms with Crippen LogP contribution < -0.4 is 10.2 Å². The van der Waals surface area contributed by atoms with Gasteiger partial charge in [0.2, 0.25) is 0 Å². The van der Waals surface area contributed by atoms with Crippen LogP contribution in [0.5, 0.6) is 0 Å². The van der Waals surface area contributed by atoms with E-state index in [0.29, 0.717) is 23.4 Å². The van der Waals surface area contributed by atoms with Crippen LogP contribution in [0.1, 0.15) is 31.8 Å². The van der Waals surface area contributed by atoms with Crippen LogP contribution >= 0.6 is 0 Å². The van der Waals surface area contributed by atoms with Crippen LogP contribution in [0.3, 0.4) is 0 Å². The lowest BCUT2D eigenvalue weighted by atomic mass is 9.90. The molecule has 1 aliphatic rings. The summed E-state index contributed by atoms with van der Waals surface area (Å²) < 4.78 is 0. The number of rotatable bonds is 4. The number of carbonyl (C=O) groups is 2. The van der Waals surface area contributed by atoms with Crippen molar-refractivity contribution in [1.82, 2.24) is 4.90 Å². The van der Waals surface area contributed by atoms with Crippen molar-refractivity contribution in [3.63, 3.8) is 0 Å². The Morgan fingerprint density at radius 1 is 0.964 bits per heavy atom. The Morgan fingerprint density at radius 2 is 1.64 bits per heavy atom. The van der Waals surface area contributed by atoms with Gasteiger partial charge in [-0.2, -0.15) is 0 Å². The second-order valence-electron chi connectivity index (χ2n) is 7.46. The second-order valence-corrected chi connectivity index (χ2v) is 7.46. The largest absolute Gasteiger partial charge is 0.387 e. The second kappa shape index (κ2) is 6.77. The lowest BCUT2D eigenvalue weighted by Gasteiger charge is -2.29. The maximum Gasteiger partial charge on any atom is 0.265 e. The van der Waals surface area contributed by atoms with E-state index in [-0.39, 0.29) is 11.8 Å². The standard InChI is InChI=1S/C23H23N3O2/c1-14-8-10-16(11-9-14)26-22(27)18-7-5-6-17-20(18)19(23(26)28)12-15(13-25(3)4)21(17)24-2/h5-12,24H,13H2,1-4H3. The first-order valence-electron chi connectivity index (χ1n) is 9.29. The van der Waals surface area contributed by atoms with E-state index in [4.69, 9.17) is 0 Å². The van der Waals surface area contributed by atoms with E-state index >= 15 is 0 Å². The fourth-order valence-corrected chi connectivity index (χ4v) is 3.91. The van der Waals surface area contributed by atoms with Crippen molar-refractivity contribution in [2.24, 2.45) is 0 Å². The minimum Gasteiger partial charge on any atom is -0.387 e. The predicted molar refractivity (Wildman–Crippen MR) is 113 cm³/mol. The number of benzene rings is 3. The summed E-state index contributed by atoms with van der Waals surface area (Å²) in [6, 6.07) is 15.0. The van der Waals surface area contributed by atoms with E-state index in [1.54, 1.807) is 6.07 Å². The van der Waals surface area contributed by atoms with Crippen molar-refractivity contribution in [2.75, 3.05) is 31.4 Å². The fourth-order valence-electron chi connectivity index (χ4n) is 3.91. The molecule has 0 spiro atoms. The van der Waals surface area contributed by atoms with Crippen LogP contribution in [0.2, 0.25) is 0 Å². The highest BCUT2D eigenvalue weighted by Crippen LogP contribution is 2.38. The van der Waals surface area contributed by atoms with Gasteiger partial charge in [-0.1, -0.05) is 29.8 Å². The molecule has 0 radical (unpaired) electrons. The maximum absolute atomic E-state index is 13.4. The van der Waals surface area contributed by atoms with Gasteiger partial charge in [0.25, 0.3) is 11.8 Å². The Balaban J connectivity index is 1.98. The highest BCUT2D eigenvalue weighted by atomic mass is 16.2. The van der Waals surface area contributed by atoms with Gasteiger partial charge in [0, 0.05) is 41.2 Å². The van der Waals surface area contributed by atoms with Crippen molar-refractivity contribution in [3.05, 3.63) is 70.8 Å². The van der Waals surface area contributed by atoms with Crippen LogP contribution in [0.15, 0.2) is 48.5 Å². The van der Waals surface area contributed by atoms with Gasteiger partial charge >= 0.3 is 0 Å². The molecule has 5 nitrogen and oxygen atoms in total. The zero-order chi connectivity index (χ0) is 20.0. The normalized spacial score (nSPS) is 13.5. The number of aryl methyl sites for hydroxylation is 1. The fraction of sp³-hybridized carbons (Fsp3) is 0.217. The third-order valence-electron chi connectivity index (χ3n) is 5.14. The van der Waals surface area contributed by atoms with Gasteiger partial charge in [0.1, 0.15) is 0 Å². The molecule has 0 unspecified atom stereocenters. The summed E-state index contributed by atoms with van der Waals surface area (Å²) in [6.45, 7) is 2.67. The lowest BCUT2D eigenvalue weighted by Crippen LogP contribution is -2.40. The first-order chi connectivity index (χ1) is 13.4. The average molecular weight is 373 g/mol. The average Bonchev–Trinajstić information content (AvgIpc) is 2.67. The molecule has 1 heterocycles. The number of imide groups is 1. The van der Waals surface area contributed by atoms with Crippen molar-refractivity contribution < 1.29 is 9.59 Å². The summed E-state index contributed by atoms with van der Waals surface area (Å²) in [5, 5.41) is 4.89. The van der Waals surface area contributed by atoms with Gasteiger partial charge in [-0.15, -0.1) is 0 Å². The number of nitrogens with zero attached hydrogens (tertiary/aromatic N) is 2. The minimum absolute atomic E-state index is 0.278. The molecular weight excluding hydrogens is 350 g/mol. The Kier molecular flexibility index (Phi) is 4.40. The van der Waals surface area contributed by atoms with Crippen LogP contribution in [-0.4, -0.2) is 37.9 Å². The predicted octanol–water partition coefficient (Wildman–Crippen LogP) is 4.05. The minimum atomic E-state index is -0.283. The van der Waals surface area contributed by atoms with Gasteiger partial charge in [-0.05, 0) is 50.8 Å². The molecule has 3 aromatic rings. The Morgan fingerprint density at radius 3 is 2.29 bits per heavy atom. The SMILES string of the molecule is CNc1c(CN(C)C)cc2c3c(cccc13)C(=O)N(c1ccc(C)cc1)C2=O. The van der Waals surface area contributed by atoms with E-state index in [1.165, 1.54) is 4.90 Å². The summed E-state index contributed by atoms with van der Waals surface area (Å²) in [6.07, 6.45) is 0. The molecule has 1 N–H and O–H groups in total. The Bertz CT molecular complexity index is 1100. The third-order valence-corrected chi connectivity index (χ3v) is 5.14. The first-order valence-corrected chi connectivity index (χ1v) is 9.29. The van der Waals surface area contributed by atoms with Crippen molar-refractivity contribution in [1.29, 1.82) is 0 Å². The summed E-state index contributed by atoms with van der Waals surface area (Å²) in [4.78, 5) is 30.0. The zero-order valence-corrected chi connectivity index (χ0v) is 16.5. The monoisotopic (exact) mass is 373 g/mol. The van der Waals surface area contributed by atoms with Gasteiger partial charge in [-0.3, -0.25) is 9.59 Å². The molecule has 0 atom stereocenters. The molecule has 4 rings (SSSR count). The van der Waals surface area contributed by atoms with Crippen molar-refractivity contribution in [3.8, 4) is 0 Å². The smallest absolute Gasteiger partial charge is 0.265 e. The van der Waals surface area contributed by atoms with Gasteiger partial charge in [-0.25, -0.2) is 4.90 Å².